The third kappa shape index (κ3) is 3.67. The standard InChI is InChI=1S/C14H17FO4/c1-18-11-3-2-4-12(8-11)19-13-6-9(14(16)17)5-10(15)7-13/h5-7,11-12H,2-4,8H2,1H3,(H,16,17). The molecule has 0 amide bonds. The van der Waals surface area contributed by atoms with Crippen molar-refractivity contribution < 1.29 is 23.8 Å². The number of methoxy groups -OCH3 is 1. The third-order valence-electron chi connectivity index (χ3n) is 3.33. The molecule has 1 aromatic rings. The van der Waals surface area contributed by atoms with Gasteiger partial charge < -0.3 is 14.6 Å². The molecule has 1 saturated carbocycles. The van der Waals surface area contributed by atoms with Crippen molar-refractivity contribution in [2.24, 2.45) is 0 Å². The number of carboxylic acids is 1. The summed E-state index contributed by atoms with van der Waals surface area (Å²) in [5, 5.41) is 8.88. The molecule has 19 heavy (non-hydrogen) atoms. The number of carboxylic acid groups (broad SMARTS) is 1. The molecule has 0 aromatic heterocycles. The van der Waals surface area contributed by atoms with Crippen molar-refractivity contribution in [2.45, 2.75) is 37.9 Å². The van der Waals surface area contributed by atoms with Gasteiger partial charge in [-0.25, -0.2) is 9.18 Å². The molecule has 2 unspecified atom stereocenters. The number of rotatable bonds is 4. The first-order chi connectivity index (χ1) is 9.08. The van der Waals surface area contributed by atoms with E-state index in [0.29, 0.717) is 0 Å². The predicted octanol–water partition coefficient (Wildman–Crippen LogP) is 2.86. The van der Waals surface area contributed by atoms with E-state index in [-0.39, 0.29) is 23.5 Å². The Hall–Kier alpha value is -1.62. The number of carbonyl (C=O) groups is 1. The molecule has 5 heteroatoms. The quantitative estimate of drug-likeness (QED) is 0.912. The van der Waals surface area contributed by atoms with E-state index >= 15 is 0 Å². The van der Waals surface area contributed by atoms with E-state index in [1.54, 1.807) is 7.11 Å². The lowest BCUT2D eigenvalue weighted by molar-refractivity contribution is 0.0208. The zero-order valence-corrected chi connectivity index (χ0v) is 10.8. The first kappa shape index (κ1) is 13.8. The number of hydrogen-bond acceptors (Lipinski definition) is 3. The van der Waals surface area contributed by atoms with E-state index in [2.05, 4.69) is 0 Å². The minimum Gasteiger partial charge on any atom is -0.490 e. The highest BCUT2D eigenvalue weighted by molar-refractivity contribution is 5.88. The molecule has 2 atom stereocenters. The summed E-state index contributed by atoms with van der Waals surface area (Å²) in [5.41, 5.74) is -0.103. The zero-order chi connectivity index (χ0) is 13.8. The Labute approximate surface area is 111 Å². The summed E-state index contributed by atoms with van der Waals surface area (Å²) in [7, 11) is 1.66. The summed E-state index contributed by atoms with van der Waals surface area (Å²) in [6.45, 7) is 0. The lowest BCUT2D eigenvalue weighted by Gasteiger charge is -2.28. The maximum Gasteiger partial charge on any atom is 0.335 e. The average Bonchev–Trinajstić information content (AvgIpc) is 2.38. The Morgan fingerprint density at radius 1 is 1.32 bits per heavy atom. The van der Waals surface area contributed by atoms with E-state index < -0.39 is 11.8 Å². The zero-order valence-electron chi connectivity index (χ0n) is 10.8. The average molecular weight is 268 g/mol. The van der Waals surface area contributed by atoms with Gasteiger partial charge in [0.25, 0.3) is 0 Å². The molecule has 0 heterocycles. The number of halogens is 1. The molecule has 1 aromatic carbocycles. The molecule has 0 saturated heterocycles. The molecular weight excluding hydrogens is 251 g/mol. The van der Waals surface area contributed by atoms with Crippen LogP contribution in [0.5, 0.6) is 5.75 Å². The molecule has 2 rings (SSSR count). The predicted molar refractivity (Wildman–Crippen MR) is 67.0 cm³/mol. The van der Waals surface area contributed by atoms with E-state index in [4.69, 9.17) is 14.6 Å². The summed E-state index contributed by atoms with van der Waals surface area (Å²) >= 11 is 0. The van der Waals surface area contributed by atoms with Crippen LogP contribution < -0.4 is 4.74 Å². The van der Waals surface area contributed by atoms with Gasteiger partial charge in [0.2, 0.25) is 0 Å². The number of benzene rings is 1. The van der Waals surface area contributed by atoms with Gasteiger partial charge >= 0.3 is 5.97 Å². The van der Waals surface area contributed by atoms with Crippen molar-refractivity contribution in [3.8, 4) is 5.75 Å². The van der Waals surface area contributed by atoms with Gasteiger partial charge in [0.05, 0.1) is 11.7 Å². The second-order valence-corrected chi connectivity index (χ2v) is 4.74. The van der Waals surface area contributed by atoms with Gasteiger partial charge in [-0.05, 0) is 31.4 Å². The number of ether oxygens (including phenoxy) is 2. The molecule has 1 aliphatic rings. The largest absolute Gasteiger partial charge is 0.490 e. The molecule has 104 valence electrons. The van der Waals surface area contributed by atoms with Crippen LogP contribution in [-0.4, -0.2) is 30.4 Å². The van der Waals surface area contributed by atoms with Crippen molar-refractivity contribution in [1.29, 1.82) is 0 Å². The van der Waals surface area contributed by atoms with Crippen LogP contribution in [0.25, 0.3) is 0 Å². The fraction of sp³-hybridized carbons (Fsp3) is 0.500. The van der Waals surface area contributed by atoms with Crippen molar-refractivity contribution in [2.75, 3.05) is 7.11 Å². The Morgan fingerprint density at radius 3 is 2.74 bits per heavy atom. The lowest BCUT2D eigenvalue weighted by atomic mass is 9.95. The molecule has 0 spiro atoms. The van der Waals surface area contributed by atoms with E-state index in [1.807, 2.05) is 0 Å². The number of aromatic carboxylic acids is 1. The Bertz CT molecular complexity index is 461. The SMILES string of the molecule is COC1CCCC(Oc2cc(F)cc(C(=O)O)c2)C1. The Morgan fingerprint density at radius 2 is 2.05 bits per heavy atom. The fourth-order valence-corrected chi connectivity index (χ4v) is 2.37. The topological polar surface area (TPSA) is 55.8 Å². The molecule has 0 aliphatic heterocycles. The van der Waals surface area contributed by atoms with Crippen molar-refractivity contribution >= 4 is 5.97 Å². The summed E-state index contributed by atoms with van der Waals surface area (Å²) in [4.78, 5) is 10.9. The monoisotopic (exact) mass is 268 g/mol. The summed E-state index contributed by atoms with van der Waals surface area (Å²) in [6, 6.07) is 3.54. The van der Waals surface area contributed by atoms with E-state index in [1.165, 1.54) is 12.1 Å². The van der Waals surface area contributed by atoms with Crippen molar-refractivity contribution in [3.05, 3.63) is 29.6 Å². The minimum absolute atomic E-state index is 0.0536. The fourth-order valence-electron chi connectivity index (χ4n) is 2.37. The van der Waals surface area contributed by atoms with Gasteiger partial charge in [0.1, 0.15) is 17.7 Å². The van der Waals surface area contributed by atoms with Crippen LogP contribution in [0.1, 0.15) is 36.0 Å². The molecule has 4 nitrogen and oxygen atoms in total. The highest BCUT2D eigenvalue weighted by Gasteiger charge is 2.23. The minimum atomic E-state index is -1.16. The van der Waals surface area contributed by atoms with Crippen LogP contribution in [0.3, 0.4) is 0 Å². The highest BCUT2D eigenvalue weighted by Crippen LogP contribution is 2.26. The van der Waals surface area contributed by atoms with Crippen LogP contribution in [-0.2, 0) is 4.74 Å². The van der Waals surface area contributed by atoms with Crippen LogP contribution in [0.4, 0.5) is 4.39 Å². The van der Waals surface area contributed by atoms with Crippen LogP contribution in [0, 0.1) is 5.82 Å². The normalized spacial score (nSPS) is 23.1. The van der Waals surface area contributed by atoms with Crippen LogP contribution >= 0.6 is 0 Å². The maximum atomic E-state index is 13.3. The Balaban J connectivity index is 2.08. The summed E-state index contributed by atoms with van der Waals surface area (Å²) < 4.78 is 24.3. The van der Waals surface area contributed by atoms with Crippen molar-refractivity contribution in [3.63, 3.8) is 0 Å². The van der Waals surface area contributed by atoms with Gasteiger partial charge in [-0.15, -0.1) is 0 Å². The number of hydrogen-bond donors (Lipinski definition) is 1. The van der Waals surface area contributed by atoms with Gasteiger partial charge in [-0.3, -0.25) is 0 Å². The summed E-state index contributed by atoms with van der Waals surface area (Å²) in [5.74, 6) is -1.50. The maximum absolute atomic E-state index is 13.3. The first-order valence-corrected chi connectivity index (χ1v) is 6.32. The van der Waals surface area contributed by atoms with E-state index in [0.717, 1.165) is 31.7 Å². The second-order valence-electron chi connectivity index (χ2n) is 4.74. The smallest absolute Gasteiger partial charge is 0.335 e. The second kappa shape index (κ2) is 6.02. The highest BCUT2D eigenvalue weighted by atomic mass is 19.1. The van der Waals surface area contributed by atoms with Gasteiger partial charge in [-0.2, -0.15) is 0 Å². The summed E-state index contributed by atoms with van der Waals surface area (Å²) in [6.07, 6.45) is 3.71. The van der Waals surface area contributed by atoms with Crippen molar-refractivity contribution in [1.82, 2.24) is 0 Å². The molecule has 1 aliphatic carbocycles. The van der Waals surface area contributed by atoms with Gasteiger partial charge in [0, 0.05) is 19.6 Å². The molecule has 0 bridgehead atoms. The van der Waals surface area contributed by atoms with Gasteiger partial charge in [-0.1, -0.05) is 0 Å². The molecular formula is C14H17FO4. The molecule has 1 N–H and O–H groups in total. The molecule has 0 radical (unpaired) electrons. The van der Waals surface area contributed by atoms with Gasteiger partial charge in [0.15, 0.2) is 0 Å². The first-order valence-electron chi connectivity index (χ1n) is 6.32. The van der Waals surface area contributed by atoms with Crippen LogP contribution in [0.2, 0.25) is 0 Å². The van der Waals surface area contributed by atoms with Crippen LogP contribution in [0.15, 0.2) is 18.2 Å². The lowest BCUT2D eigenvalue weighted by Crippen LogP contribution is -2.29. The Kier molecular flexibility index (Phi) is 4.37. The third-order valence-corrected chi connectivity index (χ3v) is 3.33. The molecule has 1 fully saturated rings. The van der Waals surface area contributed by atoms with E-state index in [9.17, 15) is 9.18 Å².